The second-order valence-corrected chi connectivity index (χ2v) is 15.6. The van der Waals surface area contributed by atoms with Gasteiger partial charge in [-0.3, -0.25) is 19.2 Å². The van der Waals surface area contributed by atoms with E-state index in [9.17, 15) is 24.3 Å². The summed E-state index contributed by atoms with van der Waals surface area (Å²) in [5, 5.41) is 16.4. The number of ether oxygens (including phenoxy) is 1. The van der Waals surface area contributed by atoms with Crippen molar-refractivity contribution < 1.29 is 29.0 Å². The van der Waals surface area contributed by atoms with E-state index in [4.69, 9.17) is 16.2 Å². The van der Waals surface area contributed by atoms with Crippen molar-refractivity contribution in [2.24, 2.45) is 16.9 Å². The number of primary amides is 1. The van der Waals surface area contributed by atoms with Gasteiger partial charge in [-0.25, -0.2) is 4.98 Å². The lowest BCUT2D eigenvalue weighted by atomic mass is 9.85. The molecule has 4 amide bonds. The van der Waals surface area contributed by atoms with Crippen molar-refractivity contribution in [1.82, 2.24) is 20.5 Å². The van der Waals surface area contributed by atoms with Gasteiger partial charge in [-0.05, 0) is 66.8 Å². The van der Waals surface area contributed by atoms with Crippen LogP contribution in [-0.2, 0) is 32.1 Å². The van der Waals surface area contributed by atoms with Crippen LogP contribution in [-0.4, -0.2) is 76.0 Å². The SMILES string of the molecule is Cc1ncsc1-c1ccc(CNC(=O)[C@@H]2C[C@@H](O)CN2C(=O)[C@@H](NC(=O)CCCCCc2cccc(OC[C@@H](N)CCC(N)=O)c2)C(C)(C)C)cc1. The molecule has 3 aromatic rings. The van der Waals surface area contributed by atoms with Crippen molar-refractivity contribution in [2.75, 3.05) is 13.2 Å². The third kappa shape index (κ3) is 12.1. The van der Waals surface area contributed by atoms with Crippen LogP contribution in [0, 0.1) is 12.3 Å². The quantitative estimate of drug-likeness (QED) is 0.121. The Morgan fingerprint density at radius 1 is 1.06 bits per heavy atom. The predicted octanol–water partition coefficient (Wildman–Crippen LogP) is 4.00. The summed E-state index contributed by atoms with van der Waals surface area (Å²) < 4.78 is 5.79. The zero-order chi connectivity index (χ0) is 37.8. The van der Waals surface area contributed by atoms with Gasteiger partial charge in [0.25, 0.3) is 0 Å². The Morgan fingerprint density at radius 3 is 2.48 bits per heavy atom. The van der Waals surface area contributed by atoms with Crippen molar-refractivity contribution >= 4 is 35.0 Å². The molecule has 2 aromatic carbocycles. The van der Waals surface area contributed by atoms with Crippen LogP contribution in [0.25, 0.3) is 10.4 Å². The standard InChI is InChI=1S/C39H54N6O6S/c1-25-35(52-24-43-25)28-15-13-27(14-16-28)21-42-37(49)32-20-30(46)22-45(32)38(50)36(39(2,3)4)44-34(48)12-7-5-6-9-26-10-8-11-31(19-26)51-23-29(40)17-18-33(41)47/h8,10-11,13-16,19,24,29-30,32,36,46H,5-7,9,12,17-18,20-23,40H2,1-4H3,(H2,41,47)(H,42,49)(H,44,48)/t29-,30+,32-,36+/m0/s1. The Morgan fingerprint density at radius 2 is 1.81 bits per heavy atom. The van der Waals surface area contributed by atoms with E-state index in [0.717, 1.165) is 46.5 Å². The Labute approximate surface area is 310 Å². The second-order valence-electron chi connectivity index (χ2n) is 14.7. The molecule has 282 valence electrons. The van der Waals surface area contributed by atoms with Crippen LogP contribution >= 0.6 is 11.3 Å². The Kier molecular flexibility index (Phi) is 14.7. The van der Waals surface area contributed by atoms with Crippen molar-refractivity contribution in [2.45, 2.75) is 110 Å². The fourth-order valence-corrected chi connectivity index (χ4v) is 7.02. The van der Waals surface area contributed by atoms with Crippen molar-refractivity contribution in [3.63, 3.8) is 0 Å². The fourth-order valence-electron chi connectivity index (χ4n) is 6.21. The summed E-state index contributed by atoms with van der Waals surface area (Å²) in [7, 11) is 0. The molecule has 0 saturated carbocycles. The third-order valence-electron chi connectivity index (χ3n) is 9.20. The topological polar surface area (TPSA) is 190 Å². The number of aliphatic hydroxyl groups excluding tert-OH is 1. The van der Waals surface area contributed by atoms with E-state index >= 15 is 0 Å². The highest BCUT2D eigenvalue weighted by molar-refractivity contribution is 7.13. The zero-order valence-corrected chi connectivity index (χ0v) is 31.5. The number of nitrogens with one attached hydrogen (secondary N) is 2. The minimum atomic E-state index is -0.866. The number of benzene rings is 2. The number of aryl methyl sites for hydroxylation is 2. The maximum atomic E-state index is 13.9. The number of hydrogen-bond donors (Lipinski definition) is 5. The number of unbranched alkanes of at least 4 members (excludes halogenated alkanes) is 2. The Bertz CT molecular complexity index is 1660. The fraction of sp³-hybridized carbons (Fsp3) is 0.513. The van der Waals surface area contributed by atoms with Crippen LogP contribution in [0.4, 0.5) is 0 Å². The Balaban J connectivity index is 1.23. The van der Waals surface area contributed by atoms with Crippen molar-refractivity contribution in [3.05, 3.63) is 70.9 Å². The first-order valence-electron chi connectivity index (χ1n) is 18.0. The molecule has 7 N–H and O–H groups in total. The molecule has 4 rings (SSSR count). The number of nitrogens with zero attached hydrogens (tertiary/aromatic N) is 2. The summed E-state index contributed by atoms with van der Waals surface area (Å²) in [5.41, 5.74) is 16.4. The van der Waals surface area contributed by atoms with Gasteiger partial charge in [0.1, 0.15) is 24.4 Å². The molecule has 1 aliphatic heterocycles. The molecule has 1 saturated heterocycles. The van der Waals surface area contributed by atoms with Gasteiger partial charge in [0.2, 0.25) is 23.6 Å². The third-order valence-corrected chi connectivity index (χ3v) is 10.2. The number of aliphatic hydroxyl groups is 1. The van der Waals surface area contributed by atoms with Gasteiger partial charge >= 0.3 is 0 Å². The number of β-amino-alcohol motifs (C(OH)–C–C–N with tert-alkyl or cyclic N) is 1. The largest absolute Gasteiger partial charge is 0.492 e. The summed E-state index contributed by atoms with van der Waals surface area (Å²) in [6.45, 7) is 8.20. The molecule has 0 unspecified atom stereocenters. The average Bonchev–Trinajstić information content (AvgIpc) is 3.72. The van der Waals surface area contributed by atoms with E-state index in [-0.39, 0.29) is 62.0 Å². The minimum absolute atomic E-state index is 0.0244. The number of rotatable bonds is 18. The lowest BCUT2D eigenvalue weighted by Crippen LogP contribution is -2.57. The number of amides is 4. The van der Waals surface area contributed by atoms with Gasteiger partial charge in [0.05, 0.1) is 22.2 Å². The van der Waals surface area contributed by atoms with Crippen molar-refractivity contribution in [3.8, 4) is 16.2 Å². The minimum Gasteiger partial charge on any atom is -0.492 e. The highest BCUT2D eigenvalue weighted by Gasteiger charge is 2.44. The first-order valence-corrected chi connectivity index (χ1v) is 18.9. The maximum absolute atomic E-state index is 13.9. The number of aromatic nitrogens is 1. The first-order chi connectivity index (χ1) is 24.7. The molecule has 52 heavy (non-hydrogen) atoms. The highest BCUT2D eigenvalue weighted by atomic mass is 32.1. The number of likely N-dealkylation sites (tertiary alicyclic amines) is 1. The molecule has 13 heteroatoms. The average molecular weight is 735 g/mol. The van der Waals surface area contributed by atoms with Crippen LogP contribution in [0.15, 0.2) is 54.0 Å². The molecule has 0 aliphatic carbocycles. The maximum Gasteiger partial charge on any atom is 0.246 e. The molecule has 0 bridgehead atoms. The van der Waals surface area contributed by atoms with Crippen molar-refractivity contribution in [1.29, 1.82) is 0 Å². The van der Waals surface area contributed by atoms with Gasteiger partial charge < -0.3 is 36.8 Å². The molecular formula is C39H54N6O6S. The number of carbonyl (C=O) groups excluding carboxylic acids is 4. The van der Waals surface area contributed by atoms with Crippen LogP contribution < -0.4 is 26.8 Å². The summed E-state index contributed by atoms with van der Waals surface area (Å²) in [4.78, 5) is 58.2. The summed E-state index contributed by atoms with van der Waals surface area (Å²) >= 11 is 1.58. The van der Waals surface area contributed by atoms with Gasteiger partial charge in [0.15, 0.2) is 0 Å². The van der Waals surface area contributed by atoms with E-state index in [0.29, 0.717) is 25.2 Å². The molecule has 0 spiro atoms. The van der Waals surface area contributed by atoms with E-state index < -0.39 is 23.6 Å². The summed E-state index contributed by atoms with van der Waals surface area (Å²) in [5.74, 6) is -0.617. The van der Waals surface area contributed by atoms with Gasteiger partial charge in [-0.1, -0.05) is 63.6 Å². The molecule has 1 fully saturated rings. The van der Waals surface area contributed by atoms with Crippen LogP contribution in [0.1, 0.15) is 82.5 Å². The molecule has 1 aromatic heterocycles. The lowest BCUT2D eigenvalue weighted by Gasteiger charge is -2.35. The number of nitrogens with two attached hydrogens (primary N) is 2. The normalized spacial score (nSPS) is 17.0. The van der Waals surface area contributed by atoms with E-state index in [1.54, 1.807) is 11.3 Å². The lowest BCUT2D eigenvalue weighted by molar-refractivity contribution is -0.144. The molecule has 1 aliphatic rings. The molecule has 2 heterocycles. The van der Waals surface area contributed by atoms with Crippen LogP contribution in [0.5, 0.6) is 5.75 Å². The van der Waals surface area contributed by atoms with Crippen LogP contribution in [0.2, 0.25) is 0 Å². The Hall–Kier alpha value is -4.33. The summed E-state index contributed by atoms with van der Waals surface area (Å²) in [6.07, 6.45) is 3.41. The van der Waals surface area contributed by atoms with E-state index in [1.807, 2.05) is 81.7 Å². The smallest absolute Gasteiger partial charge is 0.246 e. The van der Waals surface area contributed by atoms with Crippen LogP contribution in [0.3, 0.4) is 0 Å². The number of hydrogen-bond acceptors (Lipinski definition) is 9. The number of carbonyl (C=O) groups is 4. The molecular weight excluding hydrogens is 681 g/mol. The number of thiazole rings is 1. The molecule has 12 nitrogen and oxygen atoms in total. The first kappa shape index (κ1) is 40.4. The van der Waals surface area contributed by atoms with Gasteiger partial charge in [-0.15, -0.1) is 11.3 Å². The van der Waals surface area contributed by atoms with Gasteiger partial charge in [-0.2, -0.15) is 0 Å². The van der Waals surface area contributed by atoms with E-state index in [1.165, 1.54) is 4.90 Å². The second kappa shape index (κ2) is 19.0. The van der Waals surface area contributed by atoms with Gasteiger partial charge in [0, 0.05) is 38.4 Å². The highest BCUT2D eigenvalue weighted by Crippen LogP contribution is 2.28. The zero-order valence-electron chi connectivity index (χ0n) is 30.7. The van der Waals surface area contributed by atoms with E-state index in [2.05, 4.69) is 15.6 Å². The monoisotopic (exact) mass is 734 g/mol. The predicted molar refractivity (Wildman–Crippen MR) is 202 cm³/mol. The molecule has 0 radical (unpaired) electrons. The molecule has 4 atom stereocenters. The summed E-state index contributed by atoms with van der Waals surface area (Å²) in [6, 6.07) is 13.7.